The van der Waals surface area contributed by atoms with Crippen LogP contribution in [0.4, 0.5) is 9.18 Å². The number of nitrogens with zero attached hydrogens (tertiary/aromatic N) is 2. The summed E-state index contributed by atoms with van der Waals surface area (Å²) in [5, 5.41) is 2.95. The molecule has 2 amide bonds. The van der Waals surface area contributed by atoms with E-state index >= 15 is 0 Å². The van der Waals surface area contributed by atoms with Gasteiger partial charge in [0.1, 0.15) is 11.6 Å². The van der Waals surface area contributed by atoms with Gasteiger partial charge in [0.15, 0.2) is 0 Å². The number of ether oxygens (including phenoxy) is 1. The molecule has 2 rings (SSSR count). The quantitative estimate of drug-likeness (QED) is 0.783. The summed E-state index contributed by atoms with van der Waals surface area (Å²) in [6.45, 7) is 7.91. The smallest absolute Gasteiger partial charge is 0.317 e. The third-order valence-corrected chi connectivity index (χ3v) is 4.04. The molecule has 0 unspecified atom stereocenters. The second kappa shape index (κ2) is 9.35. The molecule has 0 spiro atoms. The summed E-state index contributed by atoms with van der Waals surface area (Å²) >= 11 is 0. The molecule has 1 heterocycles. The lowest BCUT2D eigenvalue weighted by atomic mass is 10.3. The van der Waals surface area contributed by atoms with Crippen molar-refractivity contribution in [3.05, 3.63) is 30.1 Å². The first-order valence-corrected chi connectivity index (χ1v) is 8.32. The summed E-state index contributed by atoms with van der Waals surface area (Å²) in [6.07, 6.45) is 1.71. The van der Waals surface area contributed by atoms with Crippen LogP contribution in [0.25, 0.3) is 0 Å². The predicted molar refractivity (Wildman–Crippen MR) is 88.2 cm³/mol. The molecule has 1 aromatic carbocycles. The van der Waals surface area contributed by atoms with Crippen LogP contribution in [0.15, 0.2) is 24.3 Å². The van der Waals surface area contributed by atoms with E-state index in [1.54, 1.807) is 12.1 Å². The van der Waals surface area contributed by atoms with Gasteiger partial charge in [-0.3, -0.25) is 0 Å². The standard InChI is InChI=1S/C17H26FN3O2/c1-2-20-10-12-21(13-11-20)17(22)19-9-3-4-14-23-16-7-5-15(18)6-8-16/h5-8H,2-4,9-14H2,1H3,(H,19,22). The van der Waals surface area contributed by atoms with E-state index in [-0.39, 0.29) is 11.8 Å². The van der Waals surface area contributed by atoms with Crippen LogP contribution in [-0.2, 0) is 0 Å². The van der Waals surface area contributed by atoms with Gasteiger partial charge in [-0.2, -0.15) is 0 Å². The minimum absolute atomic E-state index is 0.0280. The number of benzene rings is 1. The van der Waals surface area contributed by atoms with Crippen molar-refractivity contribution in [2.24, 2.45) is 0 Å². The molecule has 5 nitrogen and oxygen atoms in total. The Labute approximate surface area is 137 Å². The zero-order chi connectivity index (χ0) is 16.5. The fraction of sp³-hybridized carbons (Fsp3) is 0.588. The minimum atomic E-state index is -0.264. The van der Waals surface area contributed by atoms with Crippen molar-refractivity contribution in [1.82, 2.24) is 15.1 Å². The normalized spacial score (nSPS) is 15.5. The number of nitrogens with one attached hydrogen (secondary N) is 1. The highest BCUT2D eigenvalue weighted by Gasteiger charge is 2.19. The first kappa shape index (κ1) is 17.5. The number of halogens is 1. The van der Waals surface area contributed by atoms with Gasteiger partial charge in [0.25, 0.3) is 0 Å². The third-order valence-electron chi connectivity index (χ3n) is 4.04. The average Bonchev–Trinajstić information content (AvgIpc) is 2.59. The van der Waals surface area contributed by atoms with Crippen molar-refractivity contribution < 1.29 is 13.9 Å². The van der Waals surface area contributed by atoms with Crippen LogP contribution in [0.2, 0.25) is 0 Å². The molecule has 0 bridgehead atoms. The Balaban J connectivity index is 1.52. The van der Waals surface area contributed by atoms with Gasteiger partial charge in [0.05, 0.1) is 6.61 Å². The zero-order valence-corrected chi connectivity index (χ0v) is 13.8. The summed E-state index contributed by atoms with van der Waals surface area (Å²) in [4.78, 5) is 16.2. The molecule has 1 aromatic rings. The Kier molecular flexibility index (Phi) is 7.13. The molecule has 0 aliphatic carbocycles. The lowest BCUT2D eigenvalue weighted by Crippen LogP contribution is -2.51. The van der Waals surface area contributed by atoms with Gasteiger partial charge in [0, 0.05) is 32.7 Å². The van der Waals surface area contributed by atoms with Crippen LogP contribution in [-0.4, -0.2) is 61.7 Å². The van der Waals surface area contributed by atoms with E-state index in [1.807, 2.05) is 4.90 Å². The second-order valence-electron chi connectivity index (χ2n) is 5.66. The van der Waals surface area contributed by atoms with Crippen LogP contribution < -0.4 is 10.1 Å². The van der Waals surface area contributed by atoms with E-state index in [1.165, 1.54) is 12.1 Å². The molecule has 0 aromatic heterocycles. The molecule has 1 aliphatic heterocycles. The number of rotatable bonds is 7. The average molecular weight is 323 g/mol. The highest BCUT2D eigenvalue weighted by Crippen LogP contribution is 2.11. The Bertz CT molecular complexity index is 473. The molecule has 0 radical (unpaired) electrons. The van der Waals surface area contributed by atoms with E-state index in [0.717, 1.165) is 45.6 Å². The maximum atomic E-state index is 12.7. The zero-order valence-electron chi connectivity index (χ0n) is 13.8. The van der Waals surface area contributed by atoms with Gasteiger partial charge >= 0.3 is 6.03 Å². The fourth-order valence-electron chi connectivity index (χ4n) is 2.52. The monoisotopic (exact) mass is 323 g/mol. The predicted octanol–water partition coefficient (Wildman–Crippen LogP) is 2.33. The van der Waals surface area contributed by atoms with Gasteiger partial charge in [0.2, 0.25) is 0 Å². The molecule has 1 saturated heterocycles. The number of amides is 2. The van der Waals surface area contributed by atoms with Gasteiger partial charge in [-0.05, 0) is 43.7 Å². The van der Waals surface area contributed by atoms with Gasteiger partial charge in [-0.1, -0.05) is 6.92 Å². The lowest BCUT2D eigenvalue weighted by Gasteiger charge is -2.34. The number of unbranched alkanes of at least 4 members (excludes halogenated alkanes) is 1. The molecule has 1 fully saturated rings. The SMILES string of the molecule is CCN1CCN(C(=O)NCCCCOc2ccc(F)cc2)CC1. The highest BCUT2D eigenvalue weighted by atomic mass is 19.1. The molecule has 1 aliphatic rings. The van der Waals surface area contributed by atoms with E-state index in [2.05, 4.69) is 17.1 Å². The van der Waals surface area contributed by atoms with Crippen molar-refractivity contribution in [1.29, 1.82) is 0 Å². The van der Waals surface area contributed by atoms with E-state index in [0.29, 0.717) is 18.9 Å². The molecule has 0 saturated carbocycles. The van der Waals surface area contributed by atoms with Crippen molar-refractivity contribution in [3.8, 4) is 5.75 Å². The van der Waals surface area contributed by atoms with Crippen molar-refractivity contribution >= 4 is 6.03 Å². The van der Waals surface area contributed by atoms with Crippen LogP contribution in [0.3, 0.4) is 0 Å². The number of hydrogen-bond acceptors (Lipinski definition) is 3. The van der Waals surface area contributed by atoms with E-state index in [9.17, 15) is 9.18 Å². The number of hydrogen-bond donors (Lipinski definition) is 1. The summed E-state index contributed by atoms with van der Waals surface area (Å²) < 4.78 is 18.3. The van der Waals surface area contributed by atoms with Crippen molar-refractivity contribution in [2.75, 3.05) is 45.9 Å². The number of carbonyl (C=O) groups is 1. The summed E-state index contributed by atoms with van der Waals surface area (Å²) in [7, 11) is 0. The van der Waals surface area contributed by atoms with Crippen molar-refractivity contribution in [2.45, 2.75) is 19.8 Å². The fourth-order valence-corrected chi connectivity index (χ4v) is 2.52. The summed E-state index contributed by atoms with van der Waals surface area (Å²) in [5.41, 5.74) is 0. The molecular formula is C17H26FN3O2. The lowest BCUT2D eigenvalue weighted by molar-refractivity contribution is 0.143. The number of urea groups is 1. The number of likely N-dealkylation sites (N-methyl/N-ethyl adjacent to an activating group) is 1. The molecule has 23 heavy (non-hydrogen) atoms. The largest absolute Gasteiger partial charge is 0.494 e. The summed E-state index contributed by atoms with van der Waals surface area (Å²) in [6, 6.07) is 6.03. The molecule has 128 valence electrons. The van der Waals surface area contributed by atoms with Gasteiger partial charge in [-0.25, -0.2) is 9.18 Å². The maximum absolute atomic E-state index is 12.7. The molecule has 6 heteroatoms. The summed E-state index contributed by atoms with van der Waals surface area (Å²) in [5.74, 6) is 0.407. The maximum Gasteiger partial charge on any atom is 0.317 e. The minimum Gasteiger partial charge on any atom is -0.494 e. The Morgan fingerprint density at radius 1 is 1.17 bits per heavy atom. The van der Waals surface area contributed by atoms with E-state index in [4.69, 9.17) is 4.74 Å². The Morgan fingerprint density at radius 3 is 2.52 bits per heavy atom. The van der Waals surface area contributed by atoms with Crippen LogP contribution in [0.1, 0.15) is 19.8 Å². The van der Waals surface area contributed by atoms with Crippen LogP contribution >= 0.6 is 0 Å². The molecule has 1 N–H and O–H groups in total. The first-order valence-electron chi connectivity index (χ1n) is 8.32. The number of piperazine rings is 1. The number of carbonyl (C=O) groups excluding carboxylic acids is 1. The van der Waals surface area contributed by atoms with Crippen LogP contribution in [0, 0.1) is 5.82 Å². The van der Waals surface area contributed by atoms with Gasteiger partial charge < -0.3 is 19.9 Å². The first-order chi connectivity index (χ1) is 11.2. The Hall–Kier alpha value is -1.82. The Morgan fingerprint density at radius 2 is 1.87 bits per heavy atom. The third kappa shape index (κ3) is 6.06. The van der Waals surface area contributed by atoms with Crippen LogP contribution in [0.5, 0.6) is 5.75 Å². The molecular weight excluding hydrogens is 297 g/mol. The second-order valence-corrected chi connectivity index (χ2v) is 5.66. The highest BCUT2D eigenvalue weighted by molar-refractivity contribution is 5.74. The molecule has 0 atom stereocenters. The van der Waals surface area contributed by atoms with E-state index < -0.39 is 0 Å². The topological polar surface area (TPSA) is 44.8 Å². The van der Waals surface area contributed by atoms with Crippen molar-refractivity contribution in [3.63, 3.8) is 0 Å². The van der Waals surface area contributed by atoms with Gasteiger partial charge in [-0.15, -0.1) is 0 Å².